The van der Waals surface area contributed by atoms with Crippen LogP contribution in [0.1, 0.15) is 45.3 Å². The summed E-state index contributed by atoms with van der Waals surface area (Å²) >= 11 is 0.187. The number of benzene rings is 1. The first-order chi connectivity index (χ1) is 9.88. The molecule has 1 aromatic carbocycles. The molecule has 4 atom stereocenters. The van der Waals surface area contributed by atoms with Crippen LogP contribution in [0.2, 0.25) is 10.1 Å². The van der Waals surface area contributed by atoms with Crippen LogP contribution < -0.4 is 0 Å². The number of carbonyl (C=O) groups excluding carboxylic acids is 1. The third-order valence-electron chi connectivity index (χ3n) is 6.09. The zero-order chi connectivity index (χ0) is 15.3. The first kappa shape index (κ1) is 15.3. The number of carbonyl (C=O) groups is 1. The normalized spacial score (nSPS) is 35.1. The molecule has 2 saturated carbocycles. The molecule has 2 aliphatic rings. The predicted molar refractivity (Wildman–Crippen MR) is 85.3 cm³/mol. The average molecular weight is 351 g/mol. The Labute approximate surface area is 133 Å². The Morgan fingerprint density at radius 1 is 1.29 bits per heavy atom. The number of rotatable bonds is 4. The number of aliphatic hydroxyl groups excluding tert-OH is 1. The van der Waals surface area contributed by atoms with E-state index in [4.69, 9.17) is 0 Å². The molecule has 2 unspecified atom stereocenters. The first-order valence-electron chi connectivity index (χ1n) is 7.77. The molecule has 2 bridgehead atoms. The number of aliphatic hydroxyl groups is 1. The molecule has 0 saturated heterocycles. The van der Waals surface area contributed by atoms with Crippen LogP contribution in [0, 0.1) is 16.7 Å². The Morgan fingerprint density at radius 3 is 2.52 bits per heavy atom. The Balaban J connectivity index is 1.69. The van der Waals surface area contributed by atoms with Gasteiger partial charge in [0.25, 0.3) is 0 Å². The molecule has 0 spiro atoms. The van der Waals surface area contributed by atoms with E-state index in [1.807, 2.05) is 30.3 Å². The van der Waals surface area contributed by atoms with Gasteiger partial charge < -0.3 is 0 Å². The maximum atomic E-state index is 12.8. The van der Waals surface area contributed by atoms with Gasteiger partial charge in [-0.25, -0.2) is 0 Å². The zero-order valence-electron chi connectivity index (χ0n) is 13.0. The van der Waals surface area contributed by atoms with Crippen LogP contribution in [-0.2, 0) is 4.79 Å². The van der Waals surface area contributed by atoms with E-state index >= 15 is 0 Å². The van der Waals surface area contributed by atoms with Gasteiger partial charge in [-0.15, -0.1) is 0 Å². The van der Waals surface area contributed by atoms with Crippen molar-refractivity contribution in [3.8, 4) is 0 Å². The van der Waals surface area contributed by atoms with Crippen LogP contribution in [0.3, 0.4) is 0 Å². The third-order valence-corrected chi connectivity index (χ3v) is 9.05. The van der Waals surface area contributed by atoms with Crippen molar-refractivity contribution in [2.45, 2.75) is 49.9 Å². The van der Waals surface area contributed by atoms with Gasteiger partial charge in [-0.1, -0.05) is 0 Å². The van der Waals surface area contributed by atoms with E-state index in [1.165, 1.54) is 6.42 Å². The molecule has 3 rings (SSSR count). The van der Waals surface area contributed by atoms with E-state index in [0.29, 0.717) is 11.7 Å². The van der Waals surface area contributed by atoms with Crippen molar-refractivity contribution in [3.63, 3.8) is 0 Å². The van der Waals surface area contributed by atoms with Crippen LogP contribution in [0.5, 0.6) is 0 Å². The summed E-state index contributed by atoms with van der Waals surface area (Å²) in [5.74, 6) is 1.00. The maximum absolute atomic E-state index is 12.8. The van der Waals surface area contributed by atoms with Gasteiger partial charge in [-0.05, 0) is 0 Å². The van der Waals surface area contributed by atoms with Crippen molar-refractivity contribution < 1.29 is 9.90 Å². The van der Waals surface area contributed by atoms with Gasteiger partial charge in [0.1, 0.15) is 0 Å². The minimum atomic E-state index is -0.422. The van der Waals surface area contributed by atoms with Gasteiger partial charge in [0.2, 0.25) is 0 Å². The minimum absolute atomic E-state index is 0.123. The van der Waals surface area contributed by atoms with Crippen LogP contribution in [0.4, 0.5) is 0 Å². The molecule has 0 aliphatic heterocycles. The molecule has 2 nitrogen and oxygen atoms in total. The SMILES string of the molecule is CC1(C)C2CC[C@@]1(C)C(=O)C2[Se]C[C@H](O)c1ccccc1. The van der Waals surface area contributed by atoms with E-state index in [2.05, 4.69) is 20.8 Å². The number of ketones is 1. The van der Waals surface area contributed by atoms with Crippen molar-refractivity contribution in [2.24, 2.45) is 16.7 Å². The summed E-state index contributed by atoms with van der Waals surface area (Å²) in [6.45, 7) is 6.71. The summed E-state index contributed by atoms with van der Waals surface area (Å²) in [5, 5.41) is 11.1. The van der Waals surface area contributed by atoms with Gasteiger partial charge in [0.15, 0.2) is 0 Å². The fourth-order valence-electron chi connectivity index (χ4n) is 4.16. The van der Waals surface area contributed by atoms with Gasteiger partial charge in [-0.3, -0.25) is 0 Å². The van der Waals surface area contributed by atoms with Crippen LogP contribution in [0.15, 0.2) is 30.3 Å². The monoisotopic (exact) mass is 352 g/mol. The first-order valence-corrected chi connectivity index (χ1v) is 9.97. The second-order valence-corrected chi connectivity index (χ2v) is 9.71. The summed E-state index contributed by atoms with van der Waals surface area (Å²) in [5.41, 5.74) is 0.983. The molecule has 3 heteroatoms. The molecule has 114 valence electrons. The summed E-state index contributed by atoms with van der Waals surface area (Å²) in [6.07, 6.45) is 1.81. The Kier molecular flexibility index (Phi) is 3.80. The zero-order valence-corrected chi connectivity index (χ0v) is 14.7. The molecule has 2 aliphatic carbocycles. The van der Waals surface area contributed by atoms with Crippen molar-refractivity contribution in [2.75, 3.05) is 0 Å². The second kappa shape index (κ2) is 5.22. The standard InChI is InChI=1S/C18H24O2Se/c1-17(2)13-9-10-18(17,3)16(20)15(13)21-11-14(19)12-7-5-4-6-8-12/h4-8,13-15,19H,9-11H2,1-3H3/t13?,14-,15?,18-/m0/s1. The van der Waals surface area contributed by atoms with Gasteiger partial charge >= 0.3 is 133 Å². The van der Waals surface area contributed by atoms with Gasteiger partial charge in [0, 0.05) is 0 Å². The number of hydrogen-bond donors (Lipinski definition) is 1. The second-order valence-electron chi connectivity index (χ2n) is 7.24. The van der Waals surface area contributed by atoms with Crippen molar-refractivity contribution in [1.82, 2.24) is 0 Å². The Bertz CT molecular complexity index is 539. The van der Waals surface area contributed by atoms with Gasteiger partial charge in [-0.2, -0.15) is 0 Å². The fourth-order valence-corrected chi connectivity index (χ4v) is 7.73. The molecule has 0 radical (unpaired) electrons. The summed E-state index contributed by atoms with van der Waals surface area (Å²) < 4.78 is 0. The van der Waals surface area contributed by atoms with E-state index in [0.717, 1.165) is 17.3 Å². The predicted octanol–water partition coefficient (Wildman–Crippen LogP) is 3.66. The third kappa shape index (κ3) is 2.21. The summed E-state index contributed by atoms with van der Waals surface area (Å²) in [7, 11) is 0. The average Bonchev–Trinajstić information content (AvgIpc) is 2.78. The van der Waals surface area contributed by atoms with Gasteiger partial charge in [0.05, 0.1) is 0 Å². The Morgan fingerprint density at radius 2 is 1.95 bits per heavy atom. The molecular weight excluding hydrogens is 327 g/mol. The van der Waals surface area contributed by atoms with Crippen LogP contribution in [0.25, 0.3) is 0 Å². The quantitative estimate of drug-likeness (QED) is 0.841. The molecule has 0 heterocycles. The van der Waals surface area contributed by atoms with Crippen molar-refractivity contribution in [3.05, 3.63) is 35.9 Å². The van der Waals surface area contributed by atoms with Crippen molar-refractivity contribution in [1.29, 1.82) is 0 Å². The molecule has 0 aromatic heterocycles. The fraction of sp³-hybridized carbons (Fsp3) is 0.611. The number of Topliss-reactive ketones (excluding diaryl/α,β-unsaturated/α-hetero) is 1. The number of fused-ring (bicyclic) bond motifs is 2. The number of hydrogen-bond acceptors (Lipinski definition) is 2. The molecule has 0 amide bonds. The topological polar surface area (TPSA) is 37.3 Å². The van der Waals surface area contributed by atoms with E-state index in [1.54, 1.807) is 0 Å². The molecule has 2 fully saturated rings. The summed E-state index contributed by atoms with van der Waals surface area (Å²) in [6, 6.07) is 9.81. The van der Waals surface area contributed by atoms with E-state index in [9.17, 15) is 9.90 Å². The molecule has 1 aromatic rings. The molecule has 1 N–H and O–H groups in total. The molecular formula is C18H24O2Se. The van der Waals surface area contributed by atoms with Crippen molar-refractivity contribution >= 4 is 20.7 Å². The molecule has 21 heavy (non-hydrogen) atoms. The van der Waals surface area contributed by atoms with E-state index in [-0.39, 0.29) is 30.6 Å². The Hall–Kier alpha value is -0.631. The summed E-state index contributed by atoms with van der Waals surface area (Å²) in [4.78, 5) is 13.0. The van der Waals surface area contributed by atoms with Crippen LogP contribution in [-0.4, -0.2) is 25.8 Å². The van der Waals surface area contributed by atoms with E-state index < -0.39 is 6.10 Å². The van der Waals surface area contributed by atoms with Crippen LogP contribution >= 0.6 is 0 Å².